The Kier molecular flexibility index (Phi) is 3.91. The zero-order valence-corrected chi connectivity index (χ0v) is 9.16. The van der Waals surface area contributed by atoms with E-state index in [-0.39, 0.29) is 11.3 Å². The van der Waals surface area contributed by atoms with Gasteiger partial charge < -0.3 is 10.8 Å². The number of hydrogen-bond donors (Lipinski definition) is 2. The van der Waals surface area contributed by atoms with E-state index in [1.807, 2.05) is 34.6 Å². The van der Waals surface area contributed by atoms with E-state index in [9.17, 15) is 4.79 Å². The molecule has 78 valence electrons. The van der Waals surface area contributed by atoms with Crippen LogP contribution >= 0.6 is 0 Å². The molecule has 13 heavy (non-hydrogen) atoms. The molecule has 3 heteroatoms. The minimum absolute atomic E-state index is 0.0475. The second-order valence-electron chi connectivity index (χ2n) is 4.67. The van der Waals surface area contributed by atoms with E-state index in [0.717, 1.165) is 0 Å². The van der Waals surface area contributed by atoms with Gasteiger partial charge in [-0.3, -0.25) is 4.79 Å². The number of hydrogen-bond acceptors (Lipinski definition) is 2. The van der Waals surface area contributed by atoms with Gasteiger partial charge in [0, 0.05) is 0 Å². The molecule has 2 atom stereocenters. The van der Waals surface area contributed by atoms with Crippen molar-refractivity contribution < 1.29 is 9.90 Å². The Morgan fingerprint density at radius 1 is 1.46 bits per heavy atom. The maximum absolute atomic E-state index is 10.4. The number of aliphatic carboxylic acids is 1. The molecular weight excluding hydrogens is 166 g/mol. The molecule has 3 N–H and O–H groups in total. The van der Waals surface area contributed by atoms with Crippen molar-refractivity contribution >= 4 is 5.97 Å². The molecule has 3 nitrogen and oxygen atoms in total. The van der Waals surface area contributed by atoms with Gasteiger partial charge in [-0.05, 0) is 17.4 Å². The molecule has 1 aliphatic rings. The molecule has 0 amide bonds. The number of carboxylic acid groups (broad SMARTS) is 1. The van der Waals surface area contributed by atoms with Crippen molar-refractivity contribution in [1.29, 1.82) is 0 Å². The van der Waals surface area contributed by atoms with Gasteiger partial charge in [-0.1, -0.05) is 34.6 Å². The first kappa shape index (κ1) is 12.4. The third kappa shape index (κ3) is 3.35. The minimum atomic E-state index is -0.646. The van der Waals surface area contributed by atoms with Crippen molar-refractivity contribution in [2.24, 2.45) is 23.0 Å². The molecule has 0 aromatic heterocycles. The van der Waals surface area contributed by atoms with Crippen LogP contribution in [0.25, 0.3) is 0 Å². The Labute approximate surface area is 80.3 Å². The van der Waals surface area contributed by atoms with Gasteiger partial charge >= 0.3 is 5.97 Å². The SMILES string of the molecule is CC(C)N.C[C@@H]1C(C(=O)O)C1(C)C. The predicted octanol–water partition coefficient (Wildman–Crippen LogP) is 1.72. The van der Waals surface area contributed by atoms with E-state index in [4.69, 9.17) is 10.8 Å². The van der Waals surface area contributed by atoms with Crippen LogP contribution < -0.4 is 5.73 Å². The Morgan fingerprint density at radius 2 is 1.69 bits per heavy atom. The summed E-state index contributed by atoms with van der Waals surface area (Å²) in [5, 5.41) is 8.56. The predicted molar refractivity (Wildman–Crippen MR) is 53.4 cm³/mol. The van der Waals surface area contributed by atoms with Crippen LogP contribution in [0.3, 0.4) is 0 Å². The quantitative estimate of drug-likeness (QED) is 0.657. The summed E-state index contributed by atoms with van der Waals surface area (Å²) in [6, 6.07) is 0.333. The monoisotopic (exact) mass is 187 g/mol. The number of carbonyl (C=O) groups is 1. The van der Waals surface area contributed by atoms with Gasteiger partial charge in [-0.2, -0.15) is 0 Å². The van der Waals surface area contributed by atoms with E-state index in [1.54, 1.807) is 0 Å². The Bertz CT molecular complexity index is 185. The fraction of sp³-hybridized carbons (Fsp3) is 0.900. The van der Waals surface area contributed by atoms with Crippen molar-refractivity contribution in [2.45, 2.75) is 40.7 Å². The van der Waals surface area contributed by atoms with Crippen molar-refractivity contribution in [3.8, 4) is 0 Å². The normalized spacial score (nSPS) is 29.2. The molecule has 0 aromatic carbocycles. The van der Waals surface area contributed by atoms with E-state index >= 15 is 0 Å². The molecular formula is C10H21NO2. The summed E-state index contributed by atoms with van der Waals surface area (Å²) in [5.74, 6) is -0.389. The number of carboxylic acids is 1. The van der Waals surface area contributed by atoms with Gasteiger partial charge in [0.1, 0.15) is 0 Å². The molecule has 1 aliphatic carbocycles. The van der Waals surface area contributed by atoms with Gasteiger partial charge in [0.15, 0.2) is 0 Å². The second kappa shape index (κ2) is 4.09. The molecule has 1 fully saturated rings. The first-order valence-electron chi connectivity index (χ1n) is 4.69. The summed E-state index contributed by atoms with van der Waals surface area (Å²) >= 11 is 0. The standard InChI is InChI=1S/C7H12O2.C3H9N/c1-4-5(6(8)9)7(4,2)3;1-3(2)4/h4-5H,1-3H3,(H,8,9);3H,4H2,1-2H3/t4-,5?;/m1./s1. The van der Waals surface area contributed by atoms with Crippen LogP contribution in [-0.2, 0) is 4.79 Å². The number of rotatable bonds is 1. The molecule has 0 bridgehead atoms. The maximum Gasteiger partial charge on any atom is 0.307 e. The third-order valence-corrected chi connectivity index (χ3v) is 2.63. The Morgan fingerprint density at radius 3 is 1.69 bits per heavy atom. The summed E-state index contributed by atoms with van der Waals surface area (Å²) in [5.41, 5.74) is 5.16. The van der Waals surface area contributed by atoms with E-state index < -0.39 is 5.97 Å². The molecule has 1 rings (SSSR count). The maximum atomic E-state index is 10.4. The average Bonchev–Trinajstić information content (AvgIpc) is 2.30. The smallest absolute Gasteiger partial charge is 0.307 e. The second-order valence-corrected chi connectivity index (χ2v) is 4.67. The molecule has 0 saturated heterocycles. The van der Waals surface area contributed by atoms with Crippen LogP contribution in [0.1, 0.15) is 34.6 Å². The highest BCUT2D eigenvalue weighted by Gasteiger charge is 2.59. The largest absolute Gasteiger partial charge is 0.481 e. The van der Waals surface area contributed by atoms with Gasteiger partial charge in [0.2, 0.25) is 0 Å². The van der Waals surface area contributed by atoms with Gasteiger partial charge in [0.25, 0.3) is 0 Å². The highest BCUT2D eigenvalue weighted by molar-refractivity contribution is 5.75. The average molecular weight is 187 g/mol. The lowest BCUT2D eigenvalue weighted by Gasteiger charge is -1.95. The first-order valence-corrected chi connectivity index (χ1v) is 4.69. The van der Waals surface area contributed by atoms with E-state index in [1.165, 1.54) is 0 Å². The summed E-state index contributed by atoms with van der Waals surface area (Å²) in [7, 11) is 0. The van der Waals surface area contributed by atoms with Crippen LogP contribution in [0, 0.1) is 17.3 Å². The summed E-state index contributed by atoms with van der Waals surface area (Å²) in [6.45, 7) is 9.87. The Hall–Kier alpha value is -0.570. The van der Waals surface area contributed by atoms with Crippen molar-refractivity contribution in [3.63, 3.8) is 0 Å². The summed E-state index contributed by atoms with van der Waals surface area (Å²) < 4.78 is 0. The van der Waals surface area contributed by atoms with Gasteiger partial charge in [-0.15, -0.1) is 0 Å². The van der Waals surface area contributed by atoms with Crippen LogP contribution in [0.2, 0.25) is 0 Å². The molecule has 0 aromatic rings. The fourth-order valence-electron chi connectivity index (χ4n) is 1.43. The molecule has 1 saturated carbocycles. The third-order valence-electron chi connectivity index (χ3n) is 2.63. The first-order chi connectivity index (χ1) is 5.71. The van der Waals surface area contributed by atoms with Crippen molar-refractivity contribution in [2.75, 3.05) is 0 Å². The number of nitrogens with two attached hydrogens (primary N) is 1. The molecule has 0 radical (unpaired) electrons. The molecule has 0 spiro atoms. The van der Waals surface area contributed by atoms with Crippen LogP contribution in [0.5, 0.6) is 0 Å². The highest BCUT2D eigenvalue weighted by Crippen LogP contribution is 2.57. The summed E-state index contributed by atoms with van der Waals surface area (Å²) in [4.78, 5) is 10.4. The topological polar surface area (TPSA) is 63.3 Å². The Balaban J connectivity index is 0.000000310. The van der Waals surface area contributed by atoms with Crippen molar-refractivity contribution in [3.05, 3.63) is 0 Å². The van der Waals surface area contributed by atoms with Crippen LogP contribution in [0.15, 0.2) is 0 Å². The fourth-order valence-corrected chi connectivity index (χ4v) is 1.43. The molecule has 0 heterocycles. The minimum Gasteiger partial charge on any atom is -0.481 e. The lowest BCUT2D eigenvalue weighted by molar-refractivity contribution is -0.139. The van der Waals surface area contributed by atoms with Gasteiger partial charge in [-0.25, -0.2) is 0 Å². The lowest BCUT2D eigenvalue weighted by atomic mass is 10.1. The molecule has 0 aliphatic heterocycles. The zero-order valence-electron chi connectivity index (χ0n) is 9.16. The lowest BCUT2D eigenvalue weighted by Crippen LogP contribution is -2.06. The zero-order chi connectivity index (χ0) is 10.8. The highest BCUT2D eigenvalue weighted by atomic mass is 16.4. The van der Waals surface area contributed by atoms with Crippen LogP contribution in [0.4, 0.5) is 0 Å². The molecule has 1 unspecified atom stereocenters. The summed E-state index contributed by atoms with van der Waals surface area (Å²) in [6.07, 6.45) is 0. The van der Waals surface area contributed by atoms with Gasteiger partial charge in [0.05, 0.1) is 5.92 Å². The van der Waals surface area contributed by atoms with Crippen molar-refractivity contribution in [1.82, 2.24) is 0 Å². The van der Waals surface area contributed by atoms with E-state index in [0.29, 0.717) is 12.0 Å². The van der Waals surface area contributed by atoms with E-state index in [2.05, 4.69) is 0 Å². The van der Waals surface area contributed by atoms with Crippen LogP contribution in [-0.4, -0.2) is 17.1 Å².